The molecule has 10 heteroatoms. The number of nitrogens with two attached hydrogens (primary N) is 1. The summed E-state index contributed by atoms with van der Waals surface area (Å²) < 4.78 is 16.7. The first-order chi connectivity index (χ1) is 17.4. The second-order valence-electron chi connectivity index (χ2n) is 8.85. The van der Waals surface area contributed by atoms with E-state index >= 15 is 0 Å². The van der Waals surface area contributed by atoms with Crippen molar-refractivity contribution in [2.24, 2.45) is 5.73 Å². The highest BCUT2D eigenvalue weighted by molar-refractivity contribution is 6.31. The summed E-state index contributed by atoms with van der Waals surface area (Å²) in [7, 11) is 0. The maximum Gasteiger partial charge on any atom is 0.290 e. The lowest BCUT2D eigenvalue weighted by molar-refractivity contribution is -0.119. The molecule has 0 saturated carbocycles. The zero-order valence-electron chi connectivity index (χ0n) is 19.6. The van der Waals surface area contributed by atoms with Gasteiger partial charge in [-0.25, -0.2) is 0 Å². The maximum atomic E-state index is 13.6. The summed E-state index contributed by atoms with van der Waals surface area (Å²) in [6.45, 7) is 4.14. The lowest BCUT2D eigenvalue weighted by atomic mass is 9.98. The molecule has 0 spiro atoms. The van der Waals surface area contributed by atoms with Gasteiger partial charge in [0.05, 0.1) is 30.2 Å². The molecule has 36 heavy (non-hydrogen) atoms. The van der Waals surface area contributed by atoms with Crippen molar-refractivity contribution in [2.75, 3.05) is 46.0 Å². The quantitative estimate of drug-likeness (QED) is 0.494. The molecule has 0 bridgehead atoms. The van der Waals surface area contributed by atoms with Crippen LogP contribution in [0.5, 0.6) is 5.75 Å². The molecule has 2 aliphatic rings. The predicted octanol–water partition coefficient (Wildman–Crippen LogP) is 2.58. The Bertz CT molecular complexity index is 1350. The first kappa shape index (κ1) is 24.3. The Morgan fingerprint density at radius 1 is 1.08 bits per heavy atom. The van der Waals surface area contributed by atoms with Crippen LogP contribution in [0.1, 0.15) is 34.1 Å². The minimum absolute atomic E-state index is 0.0558. The molecule has 188 valence electrons. The molecule has 2 N–H and O–H groups in total. The molecule has 1 fully saturated rings. The van der Waals surface area contributed by atoms with Gasteiger partial charge in [-0.3, -0.25) is 19.3 Å². The van der Waals surface area contributed by atoms with Crippen LogP contribution >= 0.6 is 11.6 Å². The Balaban J connectivity index is 1.49. The third-order valence-electron chi connectivity index (χ3n) is 6.48. The van der Waals surface area contributed by atoms with Gasteiger partial charge < -0.3 is 24.5 Å². The number of halogens is 1. The van der Waals surface area contributed by atoms with E-state index in [9.17, 15) is 14.4 Å². The second-order valence-corrected chi connectivity index (χ2v) is 9.28. The van der Waals surface area contributed by atoms with Crippen molar-refractivity contribution >= 4 is 34.4 Å². The first-order valence-corrected chi connectivity index (χ1v) is 12.2. The Morgan fingerprint density at radius 3 is 2.56 bits per heavy atom. The Kier molecular flexibility index (Phi) is 6.95. The molecule has 3 heterocycles. The van der Waals surface area contributed by atoms with Crippen LogP contribution in [0.3, 0.4) is 0 Å². The fraction of sp³-hybridized carbons (Fsp3) is 0.346. The van der Waals surface area contributed by atoms with Crippen LogP contribution in [0, 0.1) is 0 Å². The van der Waals surface area contributed by atoms with E-state index in [4.69, 9.17) is 31.2 Å². The van der Waals surface area contributed by atoms with Crippen molar-refractivity contribution in [1.82, 2.24) is 9.80 Å². The van der Waals surface area contributed by atoms with Crippen molar-refractivity contribution in [1.29, 1.82) is 0 Å². The van der Waals surface area contributed by atoms with Gasteiger partial charge in [-0.1, -0.05) is 23.7 Å². The van der Waals surface area contributed by atoms with E-state index < -0.39 is 11.9 Å². The van der Waals surface area contributed by atoms with Crippen LogP contribution in [-0.4, -0.2) is 67.6 Å². The van der Waals surface area contributed by atoms with Gasteiger partial charge in [0, 0.05) is 31.2 Å². The number of fused-ring (bicyclic) bond motifs is 2. The van der Waals surface area contributed by atoms with Crippen LogP contribution in [0.25, 0.3) is 11.0 Å². The van der Waals surface area contributed by atoms with Crippen LogP contribution in [-0.2, 0) is 9.53 Å². The SMILES string of the molecule is NC(=O)COc1ccc([C@@H]2c3c(oc4ccc(Cl)cc4c3=O)C(=O)N2CCCN2CCOCC2)cc1. The second kappa shape index (κ2) is 10.3. The number of primary amides is 1. The molecule has 2 aliphatic heterocycles. The number of benzene rings is 2. The number of carbonyl (C=O) groups is 2. The molecule has 9 nitrogen and oxygen atoms in total. The van der Waals surface area contributed by atoms with Gasteiger partial charge in [0.25, 0.3) is 11.8 Å². The summed E-state index contributed by atoms with van der Waals surface area (Å²) in [6.07, 6.45) is 0.732. The van der Waals surface area contributed by atoms with Crippen molar-refractivity contribution in [2.45, 2.75) is 12.5 Å². The number of ether oxygens (including phenoxy) is 2. The highest BCUT2D eigenvalue weighted by Gasteiger charge is 2.42. The highest BCUT2D eigenvalue weighted by atomic mass is 35.5. The van der Waals surface area contributed by atoms with Crippen LogP contribution in [0.4, 0.5) is 0 Å². The van der Waals surface area contributed by atoms with Crippen LogP contribution in [0.15, 0.2) is 51.7 Å². The summed E-state index contributed by atoms with van der Waals surface area (Å²) in [5, 5.41) is 0.740. The molecule has 3 aromatic rings. The summed E-state index contributed by atoms with van der Waals surface area (Å²) >= 11 is 6.15. The predicted molar refractivity (Wildman–Crippen MR) is 133 cm³/mol. The molecule has 1 aromatic heterocycles. The molecular formula is C26H26ClN3O6. The summed E-state index contributed by atoms with van der Waals surface area (Å²) in [6, 6.07) is 11.1. The molecule has 1 saturated heterocycles. The smallest absolute Gasteiger partial charge is 0.290 e. The zero-order chi connectivity index (χ0) is 25.2. The van der Waals surface area contributed by atoms with Crippen LogP contribution < -0.4 is 15.9 Å². The van der Waals surface area contributed by atoms with E-state index in [1.807, 2.05) is 0 Å². The fourth-order valence-electron chi connectivity index (χ4n) is 4.76. The van der Waals surface area contributed by atoms with Crippen molar-refractivity contribution in [3.05, 3.63) is 74.6 Å². The van der Waals surface area contributed by atoms with Crippen molar-refractivity contribution < 1.29 is 23.5 Å². The number of morpholine rings is 1. The molecule has 0 unspecified atom stereocenters. The summed E-state index contributed by atoms with van der Waals surface area (Å²) in [5.41, 5.74) is 6.22. The van der Waals surface area contributed by atoms with Gasteiger partial charge in [-0.2, -0.15) is 0 Å². The number of rotatable bonds is 8. The molecular weight excluding hydrogens is 486 g/mol. The van der Waals surface area contributed by atoms with Crippen molar-refractivity contribution in [3.63, 3.8) is 0 Å². The standard InChI is InChI=1S/C26H26ClN3O6/c27-17-4-7-20-19(14-17)24(32)22-23(16-2-5-18(6-3-16)35-15-21(28)31)30(26(33)25(22)36-20)9-1-8-29-10-12-34-13-11-29/h2-7,14,23H,1,8-13,15H2,(H2,28,31)/t23-/m1/s1. The lowest BCUT2D eigenvalue weighted by Crippen LogP contribution is -2.38. The molecule has 2 amide bonds. The minimum Gasteiger partial charge on any atom is -0.484 e. The van der Waals surface area contributed by atoms with E-state index in [0.29, 0.717) is 47.1 Å². The number of hydrogen-bond acceptors (Lipinski definition) is 7. The average molecular weight is 512 g/mol. The van der Waals surface area contributed by atoms with Gasteiger partial charge in [-0.15, -0.1) is 0 Å². The van der Waals surface area contributed by atoms with E-state index in [1.54, 1.807) is 47.4 Å². The number of nitrogens with zero attached hydrogens (tertiary/aromatic N) is 2. The van der Waals surface area contributed by atoms with Gasteiger partial charge >= 0.3 is 0 Å². The zero-order valence-corrected chi connectivity index (χ0v) is 20.3. The van der Waals surface area contributed by atoms with Gasteiger partial charge in [0.1, 0.15) is 11.3 Å². The van der Waals surface area contributed by atoms with E-state index in [1.165, 1.54) is 0 Å². The van der Waals surface area contributed by atoms with E-state index in [2.05, 4.69) is 4.90 Å². The number of hydrogen-bond donors (Lipinski definition) is 1. The van der Waals surface area contributed by atoms with Crippen LogP contribution in [0.2, 0.25) is 5.02 Å². The fourth-order valence-corrected chi connectivity index (χ4v) is 4.93. The Morgan fingerprint density at radius 2 is 1.83 bits per heavy atom. The van der Waals surface area contributed by atoms with E-state index in [0.717, 1.165) is 31.6 Å². The summed E-state index contributed by atoms with van der Waals surface area (Å²) in [4.78, 5) is 42.2. The van der Waals surface area contributed by atoms with E-state index in [-0.39, 0.29) is 23.7 Å². The molecule has 5 rings (SSSR count). The molecule has 0 aliphatic carbocycles. The summed E-state index contributed by atoms with van der Waals surface area (Å²) in [5.74, 6) is -0.387. The number of carbonyl (C=O) groups excluding carboxylic acids is 2. The van der Waals surface area contributed by atoms with Gasteiger partial charge in [0.15, 0.2) is 12.0 Å². The Hall–Kier alpha value is -3.40. The molecule has 1 atom stereocenters. The topological polar surface area (TPSA) is 115 Å². The maximum absolute atomic E-state index is 13.6. The normalized spacial score (nSPS) is 18.0. The third-order valence-corrected chi connectivity index (χ3v) is 6.72. The average Bonchev–Trinajstić information content (AvgIpc) is 3.16. The van der Waals surface area contributed by atoms with Gasteiger partial charge in [-0.05, 0) is 42.3 Å². The van der Waals surface area contributed by atoms with Gasteiger partial charge in [0.2, 0.25) is 5.76 Å². The highest BCUT2D eigenvalue weighted by Crippen LogP contribution is 2.39. The first-order valence-electron chi connectivity index (χ1n) is 11.8. The monoisotopic (exact) mass is 511 g/mol. The van der Waals surface area contributed by atoms with Crippen molar-refractivity contribution in [3.8, 4) is 5.75 Å². The third kappa shape index (κ3) is 4.82. The lowest BCUT2D eigenvalue weighted by Gasteiger charge is -2.29. The number of amides is 2. The molecule has 0 radical (unpaired) electrons. The Labute approximate surface area is 212 Å². The minimum atomic E-state index is -0.623. The molecule has 2 aromatic carbocycles. The largest absolute Gasteiger partial charge is 0.484 e.